The Morgan fingerprint density at radius 1 is 0.941 bits per heavy atom. The molecule has 34 heavy (non-hydrogen) atoms. The number of ketones is 1. The summed E-state index contributed by atoms with van der Waals surface area (Å²) < 4.78 is 63.9. The Kier molecular flexibility index (Phi) is 8.10. The van der Waals surface area contributed by atoms with Gasteiger partial charge in [-0.25, -0.2) is 9.18 Å². The van der Waals surface area contributed by atoms with E-state index in [0.29, 0.717) is 6.07 Å². The van der Waals surface area contributed by atoms with E-state index in [9.17, 15) is 27.2 Å². The van der Waals surface area contributed by atoms with Gasteiger partial charge >= 0.3 is 12.1 Å². The highest BCUT2D eigenvalue weighted by atomic mass is 35.5. The van der Waals surface area contributed by atoms with Crippen LogP contribution in [0.4, 0.5) is 17.6 Å². The Morgan fingerprint density at radius 2 is 1.56 bits per heavy atom. The van der Waals surface area contributed by atoms with Crippen molar-refractivity contribution in [2.45, 2.75) is 52.0 Å². The molecule has 2 aromatic carbocycles. The zero-order chi connectivity index (χ0) is 26.1. The van der Waals surface area contributed by atoms with Gasteiger partial charge in [0.1, 0.15) is 22.2 Å². The van der Waals surface area contributed by atoms with E-state index in [4.69, 9.17) is 32.7 Å². The predicted molar refractivity (Wildman–Crippen MR) is 122 cm³/mol. The van der Waals surface area contributed by atoms with Gasteiger partial charge in [-0.2, -0.15) is 13.2 Å². The van der Waals surface area contributed by atoms with Gasteiger partial charge in [0, 0.05) is 0 Å². The van der Waals surface area contributed by atoms with E-state index in [-0.39, 0.29) is 21.4 Å². The average molecular weight is 521 g/mol. The second-order valence-corrected chi connectivity index (χ2v) is 9.51. The topological polar surface area (TPSA) is 52.6 Å². The first-order valence-electron chi connectivity index (χ1n) is 9.92. The fourth-order valence-electron chi connectivity index (χ4n) is 2.67. The first kappa shape index (κ1) is 27.7. The molecule has 10 heteroatoms. The molecule has 0 aliphatic heterocycles. The van der Waals surface area contributed by atoms with Gasteiger partial charge in [-0.1, -0.05) is 29.3 Å². The second-order valence-electron chi connectivity index (χ2n) is 8.76. The Balaban J connectivity index is 2.28. The van der Waals surface area contributed by atoms with E-state index in [1.807, 2.05) is 0 Å². The molecule has 0 saturated heterocycles. The highest BCUT2D eigenvalue weighted by molar-refractivity contribution is 6.43. The molecular weight excluding hydrogens is 499 g/mol. The Bertz CT molecular complexity index is 1130. The number of ether oxygens (including phenoxy) is 2. The number of carbonyl (C=O) groups excluding carboxylic acids is 2. The fourth-order valence-corrected chi connectivity index (χ4v) is 3.10. The number of hydrogen-bond acceptors (Lipinski definition) is 4. The molecule has 0 N–H and O–H groups in total. The van der Waals surface area contributed by atoms with E-state index < -0.39 is 46.1 Å². The van der Waals surface area contributed by atoms with Crippen molar-refractivity contribution in [3.8, 4) is 5.75 Å². The molecule has 0 amide bonds. The molecule has 0 aromatic heterocycles. The molecule has 0 fully saturated rings. The minimum Gasteiger partial charge on any atom is -0.475 e. The summed E-state index contributed by atoms with van der Waals surface area (Å²) >= 11 is 12.5. The van der Waals surface area contributed by atoms with Crippen LogP contribution in [0.5, 0.6) is 5.75 Å². The van der Waals surface area contributed by atoms with Crippen molar-refractivity contribution in [3.63, 3.8) is 0 Å². The number of benzene rings is 2. The predicted octanol–water partition coefficient (Wildman–Crippen LogP) is 7.55. The molecule has 0 radical (unpaired) electrons. The number of allylic oxidation sites excluding steroid dienone is 1. The quantitative estimate of drug-likeness (QED) is 0.171. The molecule has 184 valence electrons. The lowest BCUT2D eigenvalue weighted by Crippen LogP contribution is -2.43. The van der Waals surface area contributed by atoms with Gasteiger partial charge in [-0.15, -0.1) is 0 Å². The maximum atomic E-state index is 14.2. The van der Waals surface area contributed by atoms with Gasteiger partial charge in [0.05, 0.1) is 16.1 Å². The lowest BCUT2D eigenvalue weighted by atomic mass is 10.0. The smallest absolute Gasteiger partial charge is 0.419 e. The van der Waals surface area contributed by atoms with Gasteiger partial charge < -0.3 is 9.47 Å². The monoisotopic (exact) mass is 520 g/mol. The van der Waals surface area contributed by atoms with Gasteiger partial charge in [0.2, 0.25) is 0 Å². The highest BCUT2D eigenvalue weighted by Crippen LogP contribution is 2.38. The first-order chi connectivity index (χ1) is 15.4. The van der Waals surface area contributed by atoms with Crippen LogP contribution >= 0.6 is 23.2 Å². The largest absolute Gasteiger partial charge is 0.475 e. The van der Waals surface area contributed by atoms with Crippen molar-refractivity contribution in [1.29, 1.82) is 0 Å². The molecule has 0 spiro atoms. The van der Waals surface area contributed by atoms with E-state index >= 15 is 0 Å². The Labute approximate surface area is 204 Å². The molecule has 0 heterocycles. The fraction of sp³-hybridized carbons (Fsp3) is 0.333. The zero-order valence-corrected chi connectivity index (χ0v) is 20.5. The highest BCUT2D eigenvalue weighted by Gasteiger charge is 2.36. The summed E-state index contributed by atoms with van der Waals surface area (Å²) in [7, 11) is 0. The molecule has 0 aliphatic carbocycles. The average Bonchev–Trinajstić information content (AvgIpc) is 2.68. The number of esters is 1. The van der Waals surface area contributed by atoms with Crippen molar-refractivity contribution in [2.24, 2.45) is 0 Å². The third-order valence-electron chi connectivity index (χ3n) is 4.32. The van der Waals surface area contributed by atoms with Crippen LogP contribution in [0.2, 0.25) is 10.0 Å². The minimum atomic E-state index is -4.94. The second kappa shape index (κ2) is 9.96. The normalized spacial score (nSPS) is 12.7. The van der Waals surface area contributed by atoms with Crippen LogP contribution in [0.1, 0.15) is 56.1 Å². The summed E-state index contributed by atoms with van der Waals surface area (Å²) in [6.45, 7) is 8.10. The van der Waals surface area contributed by atoms with Crippen molar-refractivity contribution in [1.82, 2.24) is 0 Å². The van der Waals surface area contributed by atoms with Crippen molar-refractivity contribution in [2.75, 3.05) is 0 Å². The summed E-state index contributed by atoms with van der Waals surface area (Å²) in [5, 5.41) is -0.120. The minimum absolute atomic E-state index is 0.0484. The molecule has 0 atom stereocenters. The number of hydrogen-bond donors (Lipinski definition) is 0. The molecule has 4 nitrogen and oxygen atoms in total. The number of carbonyl (C=O) groups is 2. The standard InChI is InChI=1S/C24H22Cl2F4O4/c1-22(2,3)34-21(32)23(4,5)33-17-12-10-13(18(25)19(17)26)9-11-16(31)14-7-6-8-15(20(14)27)24(28,29)30/h6-12H,1-5H3. The summed E-state index contributed by atoms with van der Waals surface area (Å²) in [6, 6.07) is 5.25. The Morgan fingerprint density at radius 3 is 2.12 bits per heavy atom. The number of halogens is 6. The van der Waals surface area contributed by atoms with Crippen molar-refractivity contribution < 1.29 is 36.6 Å². The lowest BCUT2D eigenvalue weighted by Gasteiger charge is -2.29. The lowest BCUT2D eigenvalue weighted by molar-refractivity contribution is -0.170. The van der Waals surface area contributed by atoms with Crippen LogP contribution in [0, 0.1) is 5.82 Å². The summed E-state index contributed by atoms with van der Waals surface area (Å²) in [4.78, 5) is 24.7. The van der Waals surface area contributed by atoms with Gasteiger partial charge in [0.15, 0.2) is 11.4 Å². The maximum absolute atomic E-state index is 14.2. The molecule has 0 saturated carbocycles. The van der Waals surface area contributed by atoms with Crippen LogP contribution in [0.15, 0.2) is 36.4 Å². The van der Waals surface area contributed by atoms with Crippen LogP contribution in [0.3, 0.4) is 0 Å². The van der Waals surface area contributed by atoms with Gasteiger partial charge in [-0.3, -0.25) is 4.79 Å². The van der Waals surface area contributed by atoms with Gasteiger partial charge in [-0.05, 0) is 76.6 Å². The molecular formula is C24H22Cl2F4O4. The first-order valence-corrected chi connectivity index (χ1v) is 10.7. The number of alkyl halides is 3. The summed E-state index contributed by atoms with van der Waals surface area (Å²) in [5.74, 6) is -3.23. The number of rotatable bonds is 6. The molecule has 0 unspecified atom stereocenters. The summed E-state index contributed by atoms with van der Waals surface area (Å²) in [6.07, 6.45) is -2.88. The van der Waals surface area contributed by atoms with E-state index in [2.05, 4.69) is 0 Å². The van der Waals surface area contributed by atoms with Crippen LogP contribution < -0.4 is 4.74 Å². The summed E-state index contributed by atoms with van der Waals surface area (Å²) in [5.41, 5.74) is -4.21. The van der Waals surface area contributed by atoms with Crippen molar-refractivity contribution in [3.05, 3.63) is 69.0 Å². The van der Waals surface area contributed by atoms with Crippen molar-refractivity contribution >= 4 is 41.0 Å². The zero-order valence-electron chi connectivity index (χ0n) is 18.9. The van der Waals surface area contributed by atoms with E-state index in [1.165, 1.54) is 32.1 Å². The Hall–Kier alpha value is -2.58. The van der Waals surface area contributed by atoms with Gasteiger partial charge in [0.25, 0.3) is 0 Å². The molecule has 0 bridgehead atoms. The SMILES string of the molecule is CC(C)(C)OC(=O)C(C)(C)Oc1ccc(C=CC(=O)c2cccc(C(F)(F)F)c2F)c(Cl)c1Cl. The van der Waals surface area contributed by atoms with Crippen LogP contribution in [-0.2, 0) is 15.7 Å². The molecule has 0 aliphatic rings. The molecule has 2 aromatic rings. The molecule has 2 rings (SSSR count). The van der Waals surface area contributed by atoms with Crippen LogP contribution in [-0.4, -0.2) is 23.0 Å². The van der Waals surface area contributed by atoms with E-state index in [0.717, 1.165) is 18.2 Å². The third-order valence-corrected chi connectivity index (χ3v) is 5.20. The van der Waals surface area contributed by atoms with Crippen LogP contribution in [0.25, 0.3) is 6.08 Å². The maximum Gasteiger partial charge on any atom is 0.419 e. The third kappa shape index (κ3) is 6.73. The van der Waals surface area contributed by atoms with E-state index in [1.54, 1.807) is 20.8 Å².